The fourth-order valence-corrected chi connectivity index (χ4v) is 0.653. The Morgan fingerprint density at radius 3 is 2.18 bits per heavy atom. The van der Waals surface area contributed by atoms with Gasteiger partial charge in [0.2, 0.25) is 5.91 Å². The van der Waals surface area contributed by atoms with Crippen LogP contribution in [0.3, 0.4) is 0 Å². The van der Waals surface area contributed by atoms with E-state index in [9.17, 15) is 4.79 Å². The summed E-state index contributed by atoms with van der Waals surface area (Å²) >= 11 is 0. The van der Waals surface area contributed by atoms with Gasteiger partial charge in [-0.25, -0.2) is 0 Å². The van der Waals surface area contributed by atoms with Gasteiger partial charge < -0.3 is 10.6 Å². The third-order valence-corrected chi connectivity index (χ3v) is 2.19. The molecule has 0 bridgehead atoms. The summed E-state index contributed by atoms with van der Waals surface area (Å²) in [6, 6.07) is 0. The second-order valence-corrected chi connectivity index (χ2v) is 3.67. The Balaban J connectivity index is 3.82. The van der Waals surface area contributed by atoms with E-state index in [1.807, 2.05) is 14.1 Å². The molecule has 0 heterocycles. The summed E-state index contributed by atoms with van der Waals surface area (Å²) in [5, 5.41) is 0. The first kappa shape index (κ1) is 10.4. The van der Waals surface area contributed by atoms with Crippen molar-refractivity contribution in [2.24, 2.45) is 5.73 Å². The molecule has 0 aliphatic rings. The van der Waals surface area contributed by atoms with Crippen molar-refractivity contribution in [1.82, 2.24) is 4.90 Å². The highest BCUT2D eigenvalue weighted by Crippen LogP contribution is 2.16. The Morgan fingerprint density at radius 1 is 1.45 bits per heavy atom. The number of hydrogen-bond donors (Lipinski definition) is 1. The number of nitrogens with two attached hydrogens (primary N) is 1. The van der Waals surface area contributed by atoms with E-state index in [2.05, 4.69) is 18.7 Å². The fraction of sp³-hybridized carbons (Fsp3) is 0.875. The van der Waals surface area contributed by atoms with Crippen LogP contribution in [-0.2, 0) is 4.79 Å². The van der Waals surface area contributed by atoms with Gasteiger partial charge in [0.05, 0.1) is 0 Å². The fourth-order valence-electron chi connectivity index (χ4n) is 0.653. The van der Waals surface area contributed by atoms with Crippen molar-refractivity contribution in [3.63, 3.8) is 0 Å². The lowest BCUT2D eigenvalue weighted by Crippen LogP contribution is -2.38. The Bertz CT molecular complexity index is 141. The van der Waals surface area contributed by atoms with Crippen LogP contribution in [0.4, 0.5) is 0 Å². The highest BCUT2D eigenvalue weighted by molar-refractivity contribution is 5.73. The molecule has 1 amide bonds. The quantitative estimate of drug-likeness (QED) is 0.651. The van der Waals surface area contributed by atoms with Crippen molar-refractivity contribution < 1.29 is 4.79 Å². The standard InChI is InChI=1S/C8H18N2O/c1-8(2,10(3)4)6-5-7(9)11/h5-6H2,1-4H3,(H2,9,11). The van der Waals surface area contributed by atoms with E-state index >= 15 is 0 Å². The number of rotatable bonds is 4. The minimum absolute atomic E-state index is 0.0645. The third kappa shape index (κ3) is 3.98. The van der Waals surface area contributed by atoms with E-state index in [1.54, 1.807) is 0 Å². The molecule has 0 atom stereocenters. The summed E-state index contributed by atoms with van der Waals surface area (Å²) in [5.41, 5.74) is 5.11. The van der Waals surface area contributed by atoms with Gasteiger partial charge in [-0.05, 0) is 34.4 Å². The van der Waals surface area contributed by atoms with Crippen LogP contribution in [0, 0.1) is 0 Å². The van der Waals surface area contributed by atoms with Gasteiger partial charge in [-0.3, -0.25) is 4.79 Å². The maximum Gasteiger partial charge on any atom is 0.217 e. The molecule has 2 N–H and O–H groups in total. The van der Waals surface area contributed by atoms with Crippen LogP contribution in [-0.4, -0.2) is 30.4 Å². The van der Waals surface area contributed by atoms with E-state index in [1.165, 1.54) is 0 Å². The van der Waals surface area contributed by atoms with Gasteiger partial charge in [0, 0.05) is 12.0 Å². The topological polar surface area (TPSA) is 46.3 Å². The van der Waals surface area contributed by atoms with Gasteiger partial charge in [0.25, 0.3) is 0 Å². The maximum absolute atomic E-state index is 10.5. The molecule has 11 heavy (non-hydrogen) atoms. The van der Waals surface area contributed by atoms with Crippen molar-refractivity contribution in [2.75, 3.05) is 14.1 Å². The third-order valence-electron chi connectivity index (χ3n) is 2.19. The Morgan fingerprint density at radius 2 is 1.91 bits per heavy atom. The summed E-state index contributed by atoms with van der Waals surface area (Å²) in [6.45, 7) is 4.19. The predicted molar refractivity (Wildman–Crippen MR) is 46.2 cm³/mol. The molecule has 0 aliphatic carbocycles. The van der Waals surface area contributed by atoms with E-state index in [4.69, 9.17) is 5.73 Å². The maximum atomic E-state index is 10.5. The van der Waals surface area contributed by atoms with Crippen molar-refractivity contribution in [1.29, 1.82) is 0 Å². The lowest BCUT2D eigenvalue weighted by Gasteiger charge is -2.32. The summed E-state index contributed by atoms with van der Waals surface area (Å²) in [4.78, 5) is 12.6. The zero-order valence-electron chi connectivity index (χ0n) is 7.85. The number of nitrogens with zero attached hydrogens (tertiary/aromatic N) is 1. The molecule has 0 aliphatic heterocycles. The Kier molecular flexibility index (Phi) is 3.52. The number of primary amides is 1. The molecule has 0 aromatic carbocycles. The molecule has 3 heteroatoms. The van der Waals surface area contributed by atoms with Crippen LogP contribution in [0.15, 0.2) is 0 Å². The van der Waals surface area contributed by atoms with Gasteiger partial charge in [0.15, 0.2) is 0 Å². The molecule has 0 fully saturated rings. The average Bonchev–Trinajstić information content (AvgIpc) is 1.84. The molecular weight excluding hydrogens is 140 g/mol. The molecule has 0 rings (SSSR count). The van der Waals surface area contributed by atoms with Crippen LogP contribution in [0.25, 0.3) is 0 Å². The van der Waals surface area contributed by atoms with Crippen molar-refractivity contribution >= 4 is 5.91 Å². The highest BCUT2D eigenvalue weighted by atomic mass is 16.1. The minimum Gasteiger partial charge on any atom is -0.370 e. The van der Waals surface area contributed by atoms with Crippen LogP contribution in [0.1, 0.15) is 26.7 Å². The van der Waals surface area contributed by atoms with Crippen LogP contribution >= 0.6 is 0 Å². The van der Waals surface area contributed by atoms with Gasteiger partial charge >= 0.3 is 0 Å². The first-order chi connectivity index (χ1) is 4.86. The molecule has 0 aromatic rings. The number of carbonyl (C=O) groups excluding carboxylic acids is 1. The largest absolute Gasteiger partial charge is 0.370 e. The summed E-state index contributed by atoms with van der Waals surface area (Å²) in [5.74, 6) is -0.222. The molecule has 0 saturated heterocycles. The van der Waals surface area contributed by atoms with Crippen molar-refractivity contribution in [3.8, 4) is 0 Å². The summed E-state index contributed by atoms with van der Waals surface area (Å²) < 4.78 is 0. The molecule has 66 valence electrons. The zero-order valence-corrected chi connectivity index (χ0v) is 7.85. The van der Waals surface area contributed by atoms with Gasteiger partial charge in [0.1, 0.15) is 0 Å². The van der Waals surface area contributed by atoms with Gasteiger partial charge in [-0.2, -0.15) is 0 Å². The Hall–Kier alpha value is -0.570. The number of amides is 1. The molecule has 0 radical (unpaired) electrons. The zero-order chi connectivity index (χ0) is 9.07. The summed E-state index contributed by atoms with van der Waals surface area (Å²) in [7, 11) is 4.00. The summed E-state index contributed by atoms with van der Waals surface area (Å²) in [6.07, 6.45) is 1.28. The predicted octanol–water partition coefficient (Wildman–Crippen LogP) is 0.592. The monoisotopic (exact) mass is 158 g/mol. The van der Waals surface area contributed by atoms with Crippen LogP contribution < -0.4 is 5.73 Å². The van der Waals surface area contributed by atoms with Crippen LogP contribution in [0.2, 0.25) is 0 Å². The smallest absolute Gasteiger partial charge is 0.217 e. The number of hydrogen-bond acceptors (Lipinski definition) is 2. The Labute approximate surface area is 68.6 Å². The molecule has 0 unspecified atom stereocenters. The van der Waals surface area contributed by atoms with Crippen molar-refractivity contribution in [2.45, 2.75) is 32.2 Å². The highest BCUT2D eigenvalue weighted by Gasteiger charge is 2.20. The molecule has 0 saturated carbocycles. The van der Waals surface area contributed by atoms with E-state index in [0.29, 0.717) is 6.42 Å². The molecule has 3 nitrogen and oxygen atoms in total. The van der Waals surface area contributed by atoms with E-state index in [-0.39, 0.29) is 11.4 Å². The first-order valence-electron chi connectivity index (χ1n) is 3.82. The molecule has 0 spiro atoms. The lowest BCUT2D eigenvalue weighted by atomic mass is 9.97. The molecule has 0 aromatic heterocycles. The minimum atomic E-state index is -0.222. The second kappa shape index (κ2) is 3.72. The SMILES string of the molecule is CN(C)C(C)(C)CCC(N)=O. The normalized spacial score (nSPS) is 12.1. The average molecular weight is 158 g/mol. The second-order valence-electron chi connectivity index (χ2n) is 3.67. The van der Waals surface area contributed by atoms with E-state index < -0.39 is 0 Å². The van der Waals surface area contributed by atoms with Gasteiger partial charge in [-0.1, -0.05) is 0 Å². The van der Waals surface area contributed by atoms with Gasteiger partial charge in [-0.15, -0.1) is 0 Å². The van der Waals surface area contributed by atoms with Crippen molar-refractivity contribution in [3.05, 3.63) is 0 Å². The van der Waals surface area contributed by atoms with Crippen LogP contribution in [0.5, 0.6) is 0 Å². The molecular formula is C8H18N2O. The first-order valence-corrected chi connectivity index (χ1v) is 3.82. The number of carbonyl (C=O) groups is 1. The van der Waals surface area contributed by atoms with E-state index in [0.717, 1.165) is 6.42 Å². The lowest BCUT2D eigenvalue weighted by molar-refractivity contribution is -0.118.